The zero-order valence-electron chi connectivity index (χ0n) is 17.7. The van der Waals surface area contributed by atoms with Crippen LogP contribution in [0.4, 0.5) is 0 Å². The molecule has 0 amide bonds. The fraction of sp³-hybridized carbons (Fsp3) is 0.524. The van der Waals surface area contributed by atoms with Gasteiger partial charge in [0.15, 0.2) is 5.96 Å². The van der Waals surface area contributed by atoms with Gasteiger partial charge in [0.1, 0.15) is 11.9 Å². The average molecular weight is 513 g/mol. The van der Waals surface area contributed by atoms with Crippen LogP contribution in [0.3, 0.4) is 0 Å². The molecule has 0 radical (unpaired) electrons. The molecule has 1 aliphatic rings. The Balaban J connectivity index is 0.00000300. The van der Waals surface area contributed by atoms with E-state index in [2.05, 4.69) is 46.3 Å². The summed E-state index contributed by atoms with van der Waals surface area (Å²) in [5.74, 6) is 2.32. The topological polar surface area (TPSA) is 63.9 Å². The monoisotopic (exact) mass is 513 g/mol. The Kier molecular flexibility index (Phi) is 9.22. The van der Waals surface area contributed by atoms with Crippen LogP contribution in [0.2, 0.25) is 0 Å². The van der Waals surface area contributed by atoms with Crippen LogP contribution < -0.4 is 10.1 Å². The molecule has 1 fully saturated rings. The van der Waals surface area contributed by atoms with E-state index in [-0.39, 0.29) is 30.1 Å². The minimum atomic E-state index is 0. The summed E-state index contributed by atoms with van der Waals surface area (Å²) in [5, 5.41) is 7.71. The van der Waals surface area contributed by atoms with Crippen molar-refractivity contribution >= 4 is 29.9 Å². The lowest BCUT2D eigenvalue weighted by Crippen LogP contribution is -2.47. The third-order valence-electron chi connectivity index (χ3n) is 4.63. The normalized spacial score (nSPS) is 17.2. The van der Waals surface area contributed by atoms with E-state index in [1.165, 1.54) is 5.56 Å². The number of aryl methyl sites for hydroxylation is 1. The molecule has 2 aromatic rings. The Hall–Kier alpha value is -1.81. The van der Waals surface area contributed by atoms with Gasteiger partial charge in [-0.2, -0.15) is 5.10 Å². The van der Waals surface area contributed by atoms with Gasteiger partial charge in [0.25, 0.3) is 0 Å². The minimum absolute atomic E-state index is 0. The van der Waals surface area contributed by atoms with E-state index in [0.29, 0.717) is 19.1 Å². The molecule has 1 aromatic heterocycles. The molecule has 0 spiro atoms. The number of morpholine rings is 1. The van der Waals surface area contributed by atoms with Crippen molar-refractivity contribution in [1.29, 1.82) is 0 Å². The lowest BCUT2D eigenvalue weighted by molar-refractivity contribution is -0.00805. The maximum atomic E-state index is 5.93. The quantitative estimate of drug-likeness (QED) is 0.365. The van der Waals surface area contributed by atoms with Gasteiger partial charge in [0.2, 0.25) is 0 Å². The Morgan fingerprint density at radius 2 is 2.10 bits per heavy atom. The summed E-state index contributed by atoms with van der Waals surface area (Å²) in [5.41, 5.74) is 2.29. The number of hydrogen-bond donors (Lipinski definition) is 1. The van der Waals surface area contributed by atoms with Gasteiger partial charge in [-0.1, -0.05) is 26.0 Å². The molecule has 1 aromatic carbocycles. The lowest BCUT2D eigenvalue weighted by atomic mass is 10.1. The van der Waals surface area contributed by atoms with E-state index < -0.39 is 0 Å². The SMILES string of the molecule is CN=C(NCc1ccc(OCC(C)C)cc1)N1CCOC(c2cnn(C)c2)C1.I. The van der Waals surface area contributed by atoms with Crippen LogP contribution in [0.5, 0.6) is 5.75 Å². The van der Waals surface area contributed by atoms with Crippen LogP contribution in [0.25, 0.3) is 0 Å². The van der Waals surface area contributed by atoms with E-state index in [1.807, 2.05) is 38.6 Å². The molecular weight excluding hydrogens is 481 g/mol. The zero-order valence-corrected chi connectivity index (χ0v) is 20.0. The van der Waals surface area contributed by atoms with Crippen LogP contribution in [0.15, 0.2) is 41.7 Å². The zero-order chi connectivity index (χ0) is 19.9. The lowest BCUT2D eigenvalue weighted by Gasteiger charge is -2.34. The Morgan fingerprint density at radius 1 is 1.34 bits per heavy atom. The molecule has 0 saturated carbocycles. The number of guanidine groups is 1. The first kappa shape index (κ1) is 23.5. The second-order valence-corrected chi connectivity index (χ2v) is 7.50. The smallest absolute Gasteiger partial charge is 0.194 e. The van der Waals surface area contributed by atoms with Gasteiger partial charge in [-0.05, 0) is 23.6 Å². The molecule has 1 N–H and O–H groups in total. The van der Waals surface area contributed by atoms with Crippen molar-refractivity contribution in [1.82, 2.24) is 20.0 Å². The fourth-order valence-electron chi connectivity index (χ4n) is 3.13. The fourth-order valence-corrected chi connectivity index (χ4v) is 3.13. The molecule has 0 bridgehead atoms. The van der Waals surface area contributed by atoms with Crippen molar-refractivity contribution in [3.63, 3.8) is 0 Å². The number of benzene rings is 1. The summed E-state index contributed by atoms with van der Waals surface area (Å²) >= 11 is 0. The van der Waals surface area contributed by atoms with Crippen molar-refractivity contribution in [2.24, 2.45) is 18.0 Å². The number of nitrogens with zero attached hydrogens (tertiary/aromatic N) is 4. The predicted octanol–water partition coefficient (Wildman–Crippen LogP) is 3.22. The van der Waals surface area contributed by atoms with Gasteiger partial charge in [-0.15, -0.1) is 24.0 Å². The molecule has 160 valence electrons. The largest absolute Gasteiger partial charge is 0.493 e. The van der Waals surface area contributed by atoms with E-state index in [4.69, 9.17) is 9.47 Å². The first-order chi connectivity index (χ1) is 13.5. The maximum Gasteiger partial charge on any atom is 0.194 e. The summed E-state index contributed by atoms with van der Waals surface area (Å²) in [4.78, 5) is 6.69. The van der Waals surface area contributed by atoms with Crippen molar-refractivity contribution in [2.45, 2.75) is 26.5 Å². The van der Waals surface area contributed by atoms with Crippen LogP contribution in [-0.2, 0) is 18.3 Å². The van der Waals surface area contributed by atoms with Crippen molar-refractivity contribution in [2.75, 3.05) is 33.4 Å². The molecule has 3 rings (SSSR count). The summed E-state index contributed by atoms with van der Waals surface area (Å²) in [7, 11) is 3.74. The van der Waals surface area contributed by atoms with E-state index in [0.717, 1.165) is 37.0 Å². The molecule has 2 heterocycles. The Morgan fingerprint density at radius 3 is 2.72 bits per heavy atom. The average Bonchev–Trinajstić information content (AvgIpc) is 3.14. The van der Waals surface area contributed by atoms with Crippen LogP contribution >= 0.6 is 24.0 Å². The number of halogens is 1. The molecule has 7 nitrogen and oxygen atoms in total. The van der Waals surface area contributed by atoms with Gasteiger partial charge in [0.05, 0.1) is 26.0 Å². The summed E-state index contributed by atoms with van der Waals surface area (Å²) in [6.45, 7) is 7.99. The van der Waals surface area contributed by atoms with Gasteiger partial charge in [-0.3, -0.25) is 9.67 Å². The first-order valence-electron chi connectivity index (χ1n) is 9.82. The highest BCUT2D eigenvalue weighted by Crippen LogP contribution is 2.21. The third-order valence-corrected chi connectivity index (χ3v) is 4.63. The predicted molar refractivity (Wildman–Crippen MR) is 126 cm³/mol. The van der Waals surface area contributed by atoms with Gasteiger partial charge >= 0.3 is 0 Å². The standard InChI is InChI=1S/C21H31N5O2.HI/c1-16(2)15-28-19-7-5-17(6-8-19)11-23-21(22-3)26-9-10-27-20(14-26)18-12-24-25(4)13-18;/h5-8,12-13,16,20H,9-11,14-15H2,1-4H3,(H,22,23);1H. The van der Waals surface area contributed by atoms with Crippen LogP contribution in [-0.4, -0.2) is 54.0 Å². The molecule has 1 aliphatic heterocycles. The number of ether oxygens (including phenoxy) is 2. The second-order valence-electron chi connectivity index (χ2n) is 7.50. The van der Waals surface area contributed by atoms with E-state index >= 15 is 0 Å². The first-order valence-corrected chi connectivity index (χ1v) is 9.82. The van der Waals surface area contributed by atoms with E-state index in [1.54, 1.807) is 4.68 Å². The highest BCUT2D eigenvalue weighted by atomic mass is 127. The molecule has 1 saturated heterocycles. The molecule has 29 heavy (non-hydrogen) atoms. The number of hydrogen-bond acceptors (Lipinski definition) is 4. The summed E-state index contributed by atoms with van der Waals surface area (Å²) in [6, 6.07) is 8.23. The minimum Gasteiger partial charge on any atom is -0.493 e. The highest BCUT2D eigenvalue weighted by Gasteiger charge is 2.25. The summed E-state index contributed by atoms with van der Waals surface area (Å²) < 4.78 is 13.5. The Labute approximate surface area is 190 Å². The molecule has 8 heteroatoms. The second kappa shape index (κ2) is 11.4. The number of aliphatic imine (C=N–C) groups is 1. The number of aromatic nitrogens is 2. The van der Waals surface area contributed by atoms with Gasteiger partial charge < -0.3 is 19.7 Å². The molecule has 0 aliphatic carbocycles. The van der Waals surface area contributed by atoms with Crippen LogP contribution in [0.1, 0.15) is 31.1 Å². The summed E-state index contributed by atoms with van der Waals surface area (Å²) in [6.07, 6.45) is 3.89. The molecule has 1 unspecified atom stereocenters. The van der Waals surface area contributed by atoms with Crippen molar-refractivity contribution < 1.29 is 9.47 Å². The Bertz CT molecular complexity index is 776. The molecular formula is C21H32IN5O2. The van der Waals surface area contributed by atoms with Crippen LogP contribution in [0, 0.1) is 5.92 Å². The van der Waals surface area contributed by atoms with Crippen molar-refractivity contribution in [3.05, 3.63) is 47.8 Å². The van der Waals surface area contributed by atoms with E-state index in [9.17, 15) is 0 Å². The van der Waals surface area contributed by atoms with Gasteiger partial charge in [-0.25, -0.2) is 0 Å². The third kappa shape index (κ3) is 6.88. The number of nitrogens with one attached hydrogen (secondary N) is 1. The molecule has 1 atom stereocenters. The maximum absolute atomic E-state index is 5.93. The van der Waals surface area contributed by atoms with Gasteiger partial charge in [0, 0.05) is 38.9 Å². The van der Waals surface area contributed by atoms with Crippen molar-refractivity contribution in [3.8, 4) is 5.75 Å². The highest BCUT2D eigenvalue weighted by molar-refractivity contribution is 14.0. The number of rotatable bonds is 6.